The highest BCUT2D eigenvalue weighted by Gasteiger charge is 2.25. The Bertz CT molecular complexity index is 773. The normalized spacial score (nSPS) is 13.2. The minimum absolute atomic E-state index is 0.0273. The van der Waals surface area contributed by atoms with Gasteiger partial charge in [0, 0.05) is 19.2 Å². The lowest BCUT2D eigenvalue weighted by atomic mass is 10.1. The van der Waals surface area contributed by atoms with Crippen molar-refractivity contribution in [2.45, 2.75) is 6.54 Å². The minimum atomic E-state index is -0.145. The summed E-state index contributed by atoms with van der Waals surface area (Å²) in [5.41, 5.74) is 2.22. The third-order valence-electron chi connectivity index (χ3n) is 4.13. The third kappa shape index (κ3) is 3.64. The van der Waals surface area contributed by atoms with Crippen molar-refractivity contribution in [2.24, 2.45) is 0 Å². The number of nitrogens with zero attached hydrogens (tertiary/aromatic N) is 2. The van der Waals surface area contributed by atoms with Crippen LogP contribution in [0.4, 0.5) is 5.69 Å². The molecule has 3 rings (SSSR count). The third-order valence-corrected chi connectivity index (χ3v) is 4.13. The van der Waals surface area contributed by atoms with Gasteiger partial charge in [-0.25, -0.2) is 0 Å². The largest absolute Gasteiger partial charge is 0.482 e. The van der Waals surface area contributed by atoms with Gasteiger partial charge in [0.05, 0.1) is 18.8 Å². The molecule has 1 aliphatic heterocycles. The van der Waals surface area contributed by atoms with Gasteiger partial charge in [0.25, 0.3) is 11.8 Å². The van der Waals surface area contributed by atoms with Crippen LogP contribution >= 0.6 is 0 Å². The van der Waals surface area contributed by atoms with E-state index in [4.69, 9.17) is 9.84 Å². The Morgan fingerprint density at radius 2 is 1.92 bits per heavy atom. The summed E-state index contributed by atoms with van der Waals surface area (Å²) >= 11 is 0. The van der Waals surface area contributed by atoms with Gasteiger partial charge in [0.15, 0.2) is 6.61 Å². The van der Waals surface area contributed by atoms with Crippen LogP contribution in [-0.4, -0.2) is 48.6 Å². The Balaban J connectivity index is 1.76. The van der Waals surface area contributed by atoms with Crippen molar-refractivity contribution in [2.75, 3.05) is 31.7 Å². The highest BCUT2D eigenvalue weighted by molar-refractivity contribution is 5.98. The molecule has 0 aromatic heterocycles. The zero-order valence-electron chi connectivity index (χ0n) is 14.0. The molecule has 2 aromatic carbocycles. The Hall–Kier alpha value is -2.86. The molecular formula is C19H20N2O4. The van der Waals surface area contributed by atoms with E-state index >= 15 is 0 Å². The van der Waals surface area contributed by atoms with Crippen LogP contribution in [-0.2, 0) is 11.3 Å². The number of aliphatic hydroxyl groups excluding tert-OH is 1. The topological polar surface area (TPSA) is 70.1 Å². The molecule has 2 amide bonds. The molecular weight excluding hydrogens is 320 g/mol. The number of fused-ring (bicyclic) bond motifs is 1. The van der Waals surface area contributed by atoms with E-state index in [0.717, 1.165) is 11.3 Å². The van der Waals surface area contributed by atoms with E-state index in [1.807, 2.05) is 36.4 Å². The predicted octanol–water partition coefficient (Wildman–Crippen LogP) is 1.68. The van der Waals surface area contributed by atoms with E-state index in [2.05, 4.69) is 0 Å². The second-order valence-corrected chi connectivity index (χ2v) is 5.88. The van der Waals surface area contributed by atoms with Gasteiger partial charge < -0.3 is 19.6 Å². The predicted molar refractivity (Wildman–Crippen MR) is 93.6 cm³/mol. The van der Waals surface area contributed by atoms with Crippen LogP contribution < -0.4 is 9.64 Å². The summed E-state index contributed by atoms with van der Waals surface area (Å²) in [6.07, 6.45) is 0. The summed E-state index contributed by atoms with van der Waals surface area (Å²) < 4.78 is 5.44. The molecule has 0 unspecified atom stereocenters. The molecule has 0 fully saturated rings. The van der Waals surface area contributed by atoms with Crippen LogP contribution in [0.5, 0.6) is 5.75 Å². The van der Waals surface area contributed by atoms with Crippen molar-refractivity contribution in [3.63, 3.8) is 0 Å². The fraction of sp³-hybridized carbons (Fsp3) is 0.263. The van der Waals surface area contributed by atoms with Crippen molar-refractivity contribution in [1.29, 1.82) is 0 Å². The summed E-state index contributed by atoms with van der Waals surface area (Å²) in [5.74, 6) is 0.453. The maximum atomic E-state index is 12.2. The maximum absolute atomic E-state index is 12.2. The van der Waals surface area contributed by atoms with Gasteiger partial charge in [0.1, 0.15) is 5.75 Å². The summed E-state index contributed by atoms with van der Waals surface area (Å²) in [5, 5.41) is 8.92. The van der Waals surface area contributed by atoms with Crippen LogP contribution in [0.2, 0.25) is 0 Å². The minimum Gasteiger partial charge on any atom is -0.482 e. The first-order chi connectivity index (χ1) is 12.1. The maximum Gasteiger partial charge on any atom is 0.265 e. The van der Waals surface area contributed by atoms with Crippen LogP contribution in [0.15, 0.2) is 48.5 Å². The quantitative estimate of drug-likeness (QED) is 0.899. The highest BCUT2D eigenvalue weighted by atomic mass is 16.5. The molecule has 0 saturated heterocycles. The van der Waals surface area contributed by atoms with Crippen LogP contribution in [0.3, 0.4) is 0 Å². The fourth-order valence-corrected chi connectivity index (χ4v) is 2.73. The van der Waals surface area contributed by atoms with Crippen LogP contribution in [0.1, 0.15) is 15.9 Å². The molecule has 130 valence electrons. The number of carbonyl (C=O) groups excluding carboxylic acids is 2. The number of ether oxygens (including phenoxy) is 1. The first-order valence-corrected chi connectivity index (χ1v) is 8.07. The van der Waals surface area contributed by atoms with Crippen molar-refractivity contribution in [3.8, 4) is 5.75 Å². The van der Waals surface area contributed by atoms with Crippen molar-refractivity contribution < 1.29 is 19.4 Å². The monoisotopic (exact) mass is 340 g/mol. The van der Waals surface area contributed by atoms with Crippen molar-refractivity contribution in [1.82, 2.24) is 4.90 Å². The molecule has 6 heteroatoms. The smallest absolute Gasteiger partial charge is 0.265 e. The first kappa shape index (κ1) is 17.0. The Labute approximate surface area is 146 Å². The number of likely N-dealkylation sites (N-methyl/N-ethyl adjacent to an activating group) is 1. The molecule has 0 saturated carbocycles. The zero-order valence-corrected chi connectivity index (χ0v) is 14.0. The van der Waals surface area contributed by atoms with Gasteiger partial charge in [-0.2, -0.15) is 0 Å². The second kappa shape index (κ2) is 7.36. The van der Waals surface area contributed by atoms with Crippen molar-refractivity contribution in [3.05, 3.63) is 59.7 Å². The fourth-order valence-electron chi connectivity index (χ4n) is 2.73. The Morgan fingerprint density at radius 1 is 1.20 bits per heavy atom. The molecule has 6 nitrogen and oxygen atoms in total. The number of para-hydroxylation sites is 2. The summed E-state index contributed by atoms with van der Waals surface area (Å²) in [6, 6.07) is 14.6. The van der Waals surface area contributed by atoms with Gasteiger partial charge >= 0.3 is 0 Å². The molecule has 25 heavy (non-hydrogen) atoms. The highest BCUT2D eigenvalue weighted by Crippen LogP contribution is 2.32. The van der Waals surface area contributed by atoms with E-state index in [1.54, 1.807) is 24.1 Å². The molecule has 2 aromatic rings. The van der Waals surface area contributed by atoms with Gasteiger partial charge in [-0.1, -0.05) is 24.3 Å². The van der Waals surface area contributed by atoms with Crippen LogP contribution in [0.25, 0.3) is 0 Å². The summed E-state index contributed by atoms with van der Waals surface area (Å²) in [6.45, 7) is 0.665. The number of carbonyl (C=O) groups is 2. The molecule has 1 heterocycles. The molecule has 0 atom stereocenters. The number of benzene rings is 2. The van der Waals surface area contributed by atoms with E-state index in [-0.39, 0.29) is 25.0 Å². The second-order valence-electron chi connectivity index (χ2n) is 5.88. The molecule has 1 aliphatic rings. The lowest BCUT2D eigenvalue weighted by Gasteiger charge is -2.29. The molecule has 0 aliphatic carbocycles. The van der Waals surface area contributed by atoms with E-state index in [9.17, 15) is 9.59 Å². The molecule has 0 radical (unpaired) electrons. The Kier molecular flexibility index (Phi) is 5.00. The number of amides is 2. The average Bonchev–Trinajstić information content (AvgIpc) is 2.64. The van der Waals surface area contributed by atoms with Gasteiger partial charge in [-0.3, -0.25) is 9.59 Å². The first-order valence-electron chi connectivity index (χ1n) is 8.07. The zero-order chi connectivity index (χ0) is 17.8. The lowest BCUT2D eigenvalue weighted by molar-refractivity contribution is -0.121. The summed E-state index contributed by atoms with van der Waals surface area (Å²) in [7, 11) is 1.65. The SMILES string of the molecule is CN(CCO)C(=O)c1ccc(CN2C(=O)COc3ccccc32)cc1. The number of anilines is 1. The van der Waals surface area contributed by atoms with Gasteiger partial charge in [0.2, 0.25) is 0 Å². The van der Waals surface area contributed by atoms with Crippen molar-refractivity contribution >= 4 is 17.5 Å². The lowest BCUT2D eigenvalue weighted by Crippen LogP contribution is -2.38. The molecule has 0 spiro atoms. The number of hydrogen-bond donors (Lipinski definition) is 1. The van der Waals surface area contributed by atoms with E-state index in [1.165, 1.54) is 4.90 Å². The van der Waals surface area contributed by atoms with Gasteiger partial charge in [-0.05, 0) is 29.8 Å². The number of hydrogen-bond acceptors (Lipinski definition) is 4. The average molecular weight is 340 g/mol. The van der Waals surface area contributed by atoms with E-state index < -0.39 is 0 Å². The number of aliphatic hydroxyl groups is 1. The standard InChI is InChI=1S/C19H20N2O4/c1-20(10-11-22)19(24)15-8-6-14(7-9-15)12-21-16-4-2-3-5-17(16)25-13-18(21)23/h2-9,22H,10-13H2,1H3. The molecule has 0 bridgehead atoms. The van der Waals surface area contributed by atoms with E-state index in [0.29, 0.717) is 24.4 Å². The number of rotatable bonds is 5. The van der Waals surface area contributed by atoms with Crippen LogP contribution in [0, 0.1) is 0 Å². The summed E-state index contributed by atoms with van der Waals surface area (Å²) in [4.78, 5) is 27.6. The van der Waals surface area contributed by atoms with Gasteiger partial charge in [-0.15, -0.1) is 0 Å². The Morgan fingerprint density at radius 3 is 2.64 bits per heavy atom. The molecule has 1 N–H and O–H groups in total.